The lowest BCUT2D eigenvalue weighted by Gasteiger charge is -2.35. The molecule has 0 amide bonds. The first kappa shape index (κ1) is 27.5. The molecule has 1 aliphatic rings. The van der Waals surface area contributed by atoms with Gasteiger partial charge < -0.3 is 9.84 Å². The highest BCUT2D eigenvalue weighted by atomic mass is 35.5. The number of carbonyl (C=O) groups is 1. The Morgan fingerprint density at radius 1 is 1.16 bits per heavy atom. The summed E-state index contributed by atoms with van der Waals surface area (Å²) in [5.74, 6) is -1.78. The van der Waals surface area contributed by atoms with E-state index in [4.69, 9.17) is 16.3 Å². The molecule has 1 aliphatic heterocycles. The minimum atomic E-state index is -4.77. The number of hydrogen-bond donors (Lipinski definition) is 1. The first-order valence-electron chi connectivity index (χ1n) is 11.1. The highest BCUT2D eigenvalue weighted by molar-refractivity contribution is 7.92. The van der Waals surface area contributed by atoms with Gasteiger partial charge in [0.15, 0.2) is 0 Å². The van der Waals surface area contributed by atoms with E-state index in [-0.39, 0.29) is 22.0 Å². The zero-order valence-electron chi connectivity index (χ0n) is 19.7. The molecule has 1 N–H and O–H groups in total. The second-order valence-electron chi connectivity index (χ2n) is 8.55. The van der Waals surface area contributed by atoms with Crippen molar-refractivity contribution in [1.82, 2.24) is 0 Å². The quantitative estimate of drug-likeness (QED) is 0.271. The van der Waals surface area contributed by atoms with E-state index in [0.29, 0.717) is 17.2 Å². The molecule has 200 valence electrons. The predicted octanol–water partition coefficient (Wildman–Crippen LogP) is 6.49. The molecule has 3 aromatic carbocycles. The number of carboxylic acids is 1. The molecule has 12 heteroatoms. The Labute approximate surface area is 220 Å². The lowest BCUT2D eigenvalue weighted by atomic mass is 10.0. The van der Waals surface area contributed by atoms with E-state index in [0.717, 1.165) is 22.5 Å². The monoisotopic (exact) mass is 569 g/mol. The fourth-order valence-corrected chi connectivity index (χ4v) is 5.96. The van der Waals surface area contributed by atoms with Crippen molar-refractivity contribution in [2.24, 2.45) is 0 Å². The van der Waals surface area contributed by atoms with Crippen LogP contribution in [-0.4, -0.2) is 32.1 Å². The summed E-state index contributed by atoms with van der Waals surface area (Å²) in [6.07, 6.45) is -4.85. The molecule has 1 atom stereocenters. The Morgan fingerprint density at radius 3 is 2.53 bits per heavy atom. The minimum absolute atomic E-state index is 0.00905. The number of ether oxygens (including phenoxy) is 1. The van der Waals surface area contributed by atoms with E-state index in [1.807, 2.05) is 0 Å². The van der Waals surface area contributed by atoms with Crippen LogP contribution in [0.2, 0.25) is 5.02 Å². The van der Waals surface area contributed by atoms with Gasteiger partial charge in [0.25, 0.3) is 10.0 Å². The maximum atomic E-state index is 14.4. The number of hydrogen-bond acceptors (Lipinski definition) is 4. The first-order chi connectivity index (χ1) is 17.8. The van der Waals surface area contributed by atoms with Crippen molar-refractivity contribution in [3.63, 3.8) is 0 Å². The normalized spacial score (nSPS) is 16.1. The molecule has 4 rings (SSSR count). The average Bonchev–Trinajstić information content (AvgIpc) is 2.83. The van der Waals surface area contributed by atoms with Gasteiger partial charge in [-0.3, -0.25) is 9.10 Å². The summed E-state index contributed by atoms with van der Waals surface area (Å²) in [4.78, 5) is 10.7. The Balaban J connectivity index is 1.82. The zero-order chi connectivity index (χ0) is 27.8. The van der Waals surface area contributed by atoms with Gasteiger partial charge in [0.2, 0.25) is 0 Å². The molecule has 0 aromatic heterocycles. The Bertz CT molecular complexity index is 1520. The van der Waals surface area contributed by atoms with Crippen molar-refractivity contribution < 1.29 is 40.6 Å². The van der Waals surface area contributed by atoms with Gasteiger partial charge in [-0.25, -0.2) is 12.8 Å². The van der Waals surface area contributed by atoms with E-state index in [2.05, 4.69) is 0 Å². The number of nitrogens with zero attached hydrogens (tertiary/aromatic N) is 1. The van der Waals surface area contributed by atoms with Crippen molar-refractivity contribution in [2.45, 2.75) is 30.5 Å². The third kappa shape index (κ3) is 5.63. The smallest absolute Gasteiger partial charge is 0.416 e. The Hall–Kier alpha value is -3.57. The molecule has 0 fully saturated rings. The topological polar surface area (TPSA) is 83.9 Å². The molecule has 0 aliphatic carbocycles. The SMILES string of the molecule is CC(=Cc1ccc2c(c1)N(S(=O)(=O)c1cccc(C(F)(F)F)c1)C[C@H](CC(=O)O)O2)c1c(F)cccc1Cl. The van der Waals surface area contributed by atoms with Gasteiger partial charge in [0.1, 0.15) is 17.7 Å². The zero-order valence-corrected chi connectivity index (χ0v) is 21.2. The molecule has 0 bridgehead atoms. The summed E-state index contributed by atoms with van der Waals surface area (Å²) in [6.45, 7) is 1.16. The summed E-state index contributed by atoms with van der Waals surface area (Å²) >= 11 is 6.14. The Morgan fingerprint density at radius 2 is 1.87 bits per heavy atom. The molecule has 6 nitrogen and oxygen atoms in total. The summed E-state index contributed by atoms with van der Waals surface area (Å²) in [5.41, 5.74) is -0.155. The minimum Gasteiger partial charge on any atom is -0.486 e. The van der Waals surface area contributed by atoms with Gasteiger partial charge in [0.05, 0.1) is 34.1 Å². The van der Waals surface area contributed by atoms with Crippen LogP contribution in [0, 0.1) is 5.82 Å². The lowest BCUT2D eigenvalue weighted by molar-refractivity contribution is -0.139. The summed E-state index contributed by atoms with van der Waals surface area (Å²) < 4.78 is 87.9. The number of benzene rings is 3. The van der Waals surface area contributed by atoms with Crippen LogP contribution in [0.1, 0.15) is 30.0 Å². The summed E-state index contributed by atoms with van der Waals surface area (Å²) in [7, 11) is -4.58. The van der Waals surface area contributed by atoms with Crippen molar-refractivity contribution in [3.8, 4) is 5.75 Å². The van der Waals surface area contributed by atoms with E-state index in [1.54, 1.807) is 19.1 Å². The molecule has 0 spiro atoms. The van der Waals surface area contributed by atoms with Crippen molar-refractivity contribution in [2.75, 3.05) is 10.8 Å². The Kier molecular flexibility index (Phi) is 7.44. The first-order valence-corrected chi connectivity index (χ1v) is 12.9. The van der Waals surface area contributed by atoms with Gasteiger partial charge in [-0.2, -0.15) is 13.2 Å². The highest BCUT2D eigenvalue weighted by Crippen LogP contribution is 2.40. The molecule has 0 unspecified atom stereocenters. The van der Waals surface area contributed by atoms with Crippen LogP contribution in [0.3, 0.4) is 0 Å². The van der Waals surface area contributed by atoms with Crippen LogP contribution in [-0.2, 0) is 21.0 Å². The highest BCUT2D eigenvalue weighted by Gasteiger charge is 2.37. The van der Waals surface area contributed by atoms with Crippen molar-refractivity contribution in [3.05, 3.63) is 88.2 Å². The molecule has 0 saturated carbocycles. The van der Waals surface area contributed by atoms with Gasteiger partial charge >= 0.3 is 12.1 Å². The van der Waals surface area contributed by atoms with Crippen LogP contribution in [0.4, 0.5) is 23.2 Å². The van der Waals surface area contributed by atoms with Gasteiger partial charge in [-0.05, 0) is 60.5 Å². The number of halogens is 5. The maximum absolute atomic E-state index is 14.4. The van der Waals surface area contributed by atoms with E-state index < -0.39 is 57.5 Å². The predicted molar refractivity (Wildman–Crippen MR) is 134 cm³/mol. The largest absolute Gasteiger partial charge is 0.486 e. The standard InChI is InChI=1S/C26H20ClF4NO5S/c1-15(25-20(27)6-3-7-21(25)28)10-16-8-9-23-22(11-16)32(14-18(37-23)13-24(33)34)38(35,36)19-5-2-4-17(12-19)26(29,30)31/h2-12,18H,13-14H2,1H3,(H,33,34)/t18-/m0/s1. The number of carboxylic acid groups (broad SMARTS) is 1. The van der Waals surface area contributed by atoms with Crippen LogP contribution < -0.4 is 9.04 Å². The van der Waals surface area contributed by atoms with E-state index in [9.17, 15) is 35.9 Å². The third-order valence-electron chi connectivity index (χ3n) is 5.81. The second kappa shape index (κ2) is 10.3. The van der Waals surface area contributed by atoms with Crippen LogP contribution in [0.5, 0.6) is 5.75 Å². The van der Waals surface area contributed by atoms with Gasteiger partial charge in [-0.15, -0.1) is 0 Å². The van der Waals surface area contributed by atoms with Crippen LogP contribution >= 0.6 is 11.6 Å². The van der Waals surface area contributed by atoms with E-state index in [1.165, 1.54) is 30.3 Å². The van der Waals surface area contributed by atoms with Crippen LogP contribution in [0.15, 0.2) is 65.6 Å². The van der Waals surface area contributed by atoms with Crippen molar-refractivity contribution >= 4 is 44.9 Å². The number of alkyl halides is 3. The maximum Gasteiger partial charge on any atom is 0.416 e. The van der Waals surface area contributed by atoms with Crippen molar-refractivity contribution in [1.29, 1.82) is 0 Å². The number of fused-ring (bicyclic) bond motifs is 1. The fourth-order valence-electron chi connectivity index (χ4n) is 4.10. The average molecular weight is 570 g/mol. The van der Waals surface area contributed by atoms with Crippen LogP contribution in [0.25, 0.3) is 11.6 Å². The second-order valence-corrected chi connectivity index (χ2v) is 10.8. The lowest BCUT2D eigenvalue weighted by Crippen LogP contribution is -2.44. The molecular formula is C26H20ClF4NO5S. The third-order valence-corrected chi connectivity index (χ3v) is 7.90. The number of anilines is 1. The number of allylic oxidation sites excluding steroid dienone is 1. The molecular weight excluding hydrogens is 550 g/mol. The molecule has 1 heterocycles. The molecule has 3 aromatic rings. The number of sulfonamides is 1. The molecule has 38 heavy (non-hydrogen) atoms. The number of rotatable bonds is 6. The fraction of sp³-hybridized carbons (Fsp3) is 0.192. The van der Waals surface area contributed by atoms with Gasteiger partial charge in [-0.1, -0.05) is 35.9 Å². The molecule has 0 saturated heterocycles. The van der Waals surface area contributed by atoms with E-state index >= 15 is 0 Å². The van der Waals surface area contributed by atoms with Gasteiger partial charge in [0, 0.05) is 5.56 Å². The summed E-state index contributed by atoms with van der Waals surface area (Å²) in [5, 5.41) is 9.39. The molecule has 0 radical (unpaired) electrons. The number of aliphatic carboxylic acids is 1. The summed E-state index contributed by atoms with van der Waals surface area (Å²) in [6, 6.07) is 11.9.